The third kappa shape index (κ3) is 5.96. The lowest BCUT2D eigenvalue weighted by atomic mass is 9.96. The Labute approximate surface area is 210 Å². The van der Waals surface area contributed by atoms with Gasteiger partial charge < -0.3 is 15.0 Å². The number of hydrogen-bond acceptors (Lipinski definition) is 6. The van der Waals surface area contributed by atoms with Crippen molar-refractivity contribution >= 4 is 39.3 Å². The van der Waals surface area contributed by atoms with Crippen LogP contribution < -0.4 is 10.2 Å². The highest BCUT2D eigenvalue weighted by Crippen LogP contribution is 2.26. The second-order valence-electron chi connectivity index (χ2n) is 9.14. The van der Waals surface area contributed by atoms with Gasteiger partial charge in [-0.15, -0.1) is 0 Å². The van der Waals surface area contributed by atoms with Crippen LogP contribution in [-0.2, 0) is 16.1 Å². The van der Waals surface area contributed by atoms with Gasteiger partial charge in [-0.3, -0.25) is 14.5 Å². The highest BCUT2D eigenvalue weighted by molar-refractivity contribution is 9.10. The van der Waals surface area contributed by atoms with E-state index in [1.807, 2.05) is 37.3 Å². The number of anilines is 2. The Bertz CT molecular complexity index is 1010. The lowest BCUT2D eigenvalue weighted by Gasteiger charge is -2.32. The van der Waals surface area contributed by atoms with Crippen LogP contribution in [0.2, 0.25) is 0 Å². The molecule has 0 spiro atoms. The number of carbonyl (C=O) groups excluding carboxylic acids is 2. The molecule has 2 aliphatic rings. The second kappa shape index (κ2) is 11.3. The maximum Gasteiger partial charge on any atom is 0.309 e. The first kappa shape index (κ1) is 24.7. The van der Waals surface area contributed by atoms with E-state index in [1.54, 1.807) is 6.20 Å². The molecule has 2 aromatic rings. The van der Waals surface area contributed by atoms with Crippen molar-refractivity contribution in [3.8, 4) is 0 Å². The van der Waals surface area contributed by atoms with Crippen molar-refractivity contribution in [2.24, 2.45) is 5.92 Å². The molecule has 1 aromatic heterocycles. The molecular weight excluding hydrogens is 496 g/mol. The number of carbonyl (C=O) groups is 2. The Hall–Kier alpha value is -2.45. The summed E-state index contributed by atoms with van der Waals surface area (Å²) >= 11 is 3.60. The second-order valence-corrected chi connectivity index (χ2v) is 9.99. The number of hydrogen-bond donors (Lipinski definition) is 1. The number of rotatable bonds is 7. The number of halogens is 1. The molecule has 0 aliphatic carbocycles. The van der Waals surface area contributed by atoms with Gasteiger partial charge in [0.25, 0.3) is 5.91 Å². The molecule has 0 radical (unpaired) electrons. The molecular formula is C26H33BrN4O3. The minimum atomic E-state index is -0.178. The number of amides is 1. The average molecular weight is 529 g/mol. The number of esters is 1. The topological polar surface area (TPSA) is 74.8 Å². The summed E-state index contributed by atoms with van der Waals surface area (Å²) in [5.74, 6) is 0.273. The number of nitrogens with zero attached hydrogens (tertiary/aromatic N) is 3. The molecule has 2 fully saturated rings. The Balaban J connectivity index is 1.34. The molecule has 1 atom stereocenters. The fourth-order valence-electron chi connectivity index (χ4n) is 4.76. The quantitative estimate of drug-likeness (QED) is 0.517. The van der Waals surface area contributed by atoms with Crippen LogP contribution in [0.1, 0.15) is 55.5 Å². The number of ether oxygens (including phenoxy) is 1. The summed E-state index contributed by atoms with van der Waals surface area (Å²) in [5, 5.41) is 2.94. The third-order valence-corrected chi connectivity index (χ3v) is 7.56. The summed E-state index contributed by atoms with van der Waals surface area (Å²) in [7, 11) is 0. The molecule has 182 valence electrons. The van der Waals surface area contributed by atoms with Gasteiger partial charge in [-0.2, -0.15) is 0 Å². The average Bonchev–Trinajstić information content (AvgIpc) is 3.25. The van der Waals surface area contributed by atoms with Gasteiger partial charge in [0.05, 0.1) is 12.5 Å². The molecule has 34 heavy (non-hydrogen) atoms. The molecule has 3 heterocycles. The van der Waals surface area contributed by atoms with Crippen LogP contribution in [0.25, 0.3) is 0 Å². The van der Waals surface area contributed by atoms with E-state index in [4.69, 9.17) is 4.74 Å². The molecule has 1 aromatic carbocycles. The minimum absolute atomic E-state index is 0.0155. The number of benzene rings is 1. The number of likely N-dealkylation sites (tertiary alicyclic amines) is 1. The third-order valence-electron chi connectivity index (χ3n) is 6.85. The van der Waals surface area contributed by atoms with Crippen molar-refractivity contribution in [2.75, 3.05) is 36.5 Å². The van der Waals surface area contributed by atoms with Crippen LogP contribution in [0.4, 0.5) is 11.5 Å². The first-order valence-corrected chi connectivity index (χ1v) is 13.0. The lowest BCUT2D eigenvalue weighted by molar-refractivity contribution is -0.148. The fourth-order valence-corrected chi connectivity index (χ4v) is 5.10. The summed E-state index contributed by atoms with van der Waals surface area (Å²) in [5.41, 5.74) is 2.77. The van der Waals surface area contributed by atoms with Crippen molar-refractivity contribution < 1.29 is 14.3 Å². The normalized spacial score (nSPS) is 19.3. The lowest BCUT2D eigenvalue weighted by Crippen LogP contribution is -2.37. The highest BCUT2D eigenvalue weighted by Gasteiger charge is 2.26. The summed E-state index contributed by atoms with van der Waals surface area (Å²) in [6.07, 6.45) is 5.79. The maximum atomic E-state index is 12.8. The molecule has 2 saturated heterocycles. The van der Waals surface area contributed by atoms with E-state index in [0.29, 0.717) is 24.0 Å². The minimum Gasteiger partial charge on any atom is -0.466 e. The van der Waals surface area contributed by atoms with Crippen LogP contribution in [0.3, 0.4) is 0 Å². The van der Waals surface area contributed by atoms with Gasteiger partial charge in [0.2, 0.25) is 0 Å². The van der Waals surface area contributed by atoms with Gasteiger partial charge in [0.15, 0.2) is 0 Å². The Morgan fingerprint density at radius 1 is 1.15 bits per heavy atom. The fraction of sp³-hybridized carbons (Fsp3) is 0.500. The molecule has 1 N–H and O–H groups in total. The smallest absolute Gasteiger partial charge is 0.309 e. The largest absolute Gasteiger partial charge is 0.466 e. The maximum absolute atomic E-state index is 12.8. The van der Waals surface area contributed by atoms with Crippen LogP contribution in [0.15, 0.2) is 41.0 Å². The highest BCUT2D eigenvalue weighted by atomic mass is 79.9. The Kier molecular flexibility index (Phi) is 8.21. The van der Waals surface area contributed by atoms with Crippen LogP contribution >= 0.6 is 15.9 Å². The number of pyridine rings is 1. The molecule has 7 nitrogen and oxygen atoms in total. The summed E-state index contributed by atoms with van der Waals surface area (Å²) < 4.78 is 6.11. The van der Waals surface area contributed by atoms with E-state index < -0.39 is 0 Å². The molecule has 0 saturated carbocycles. The van der Waals surface area contributed by atoms with Gasteiger partial charge in [-0.1, -0.05) is 0 Å². The predicted octanol–water partition coefficient (Wildman–Crippen LogP) is 4.86. The van der Waals surface area contributed by atoms with Crippen molar-refractivity contribution in [3.63, 3.8) is 0 Å². The molecule has 4 rings (SSSR count). The van der Waals surface area contributed by atoms with Gasteiger partial charge in [0, 0.05) is 47.6 Å². The molecule has 2 aliphatic heterocycles. The first-order valence-electron chi connectivity index (χ1n) is 12.2. The van der Waals surface area contributed by atoms with Crippen LogP contribution in [-0.4, -0.2) is 54.0 Å². The van der Waals surface area contributed by atoms with Gasteiger partial charge in [0.1, 0.15) is 5.82 Å². The first-order chi connectivity index (χ1) is 16.4. The zero-order chi connectivity index (χ0) is 24.1. The molecule has 8 heteroatoms. The van der Waals surface area contributed by atoms with Gasteiger partial charge in [-0.25, -0.2) is 4.98 Å². The van der Waals surface area contributed by atoms with Crippen LogP contribution in [0.5, 0.6) is 0 Å². The molecule has 1 amide bonds. The number of nitrogens with one attached hydrogen (secondary N) is 1. The van der Waals surface area contributed by atoms with Gasteiger partial charge in [-0.05, 0) is 97.9 Å². The Morgan fingerprint density at radius 3 is 2.53 bits per heavy atom. The molecule has 0 bridgehead atoms. The zero-order valence-electron chi connectivity index (χ0n) is 19.9. The van der Waals surface area contributed by atoms with E-state index in [-0.39, 0.29) is 17.8 Å². The zero-order valence-corrected chi connectivity index (χ0v) is 21.5. The molecule has 0 unspecified atom stereocenters. The standard InChI is InChI=1S/C26H33BrN4O3/c1-3-34-26(33)20-10-13-30(14-11-20)22-8-6-19(7-9-22)25(32)29-24-15-21(23(27)16-28-24)17-31-12-4-5-18(31)2/h6-9,15-16,18,20H,3-5,10-14,17H2,1-2H3,(H,28,29,32)/t18-/m1/s1. The van der Waals surface area contributed by atoms with E-state index in [0.717, 1.165) is 54.7 Å². The number of aromatic nitrogens is 1. The predicted molar refractivity (Wildman–Crippen MR) is 137 cm³/mol. The van der Waals surface area contributed by atoms with E-state index in [1.165, 1.54) is 12.8 Å². The SMILES string of the molecule is CCOC(=O)C1CCN(c2ccc(C(=O)Nc3cc(CN4CCC[C@H]4C)c(Br)cn3)cc2)CC1. The van der Waals surface area contributed by atoms with Crippen molar-refractivity contribution in [2.45, 2.75) is 52.1 Å². The van der Waals surface area contributed by atoms with Crippen molar-refractivity contribution in [1.29, 1.82) is 0 Å². The monoisotopic (exact) mass is 528 g/mol. The summed E-state index contributed by atoms with van der Waals surface area (Å²) in [4.78, 5) is 33.9. The van der Waals surface area contributed by atoms with E-state index >= 15 is 0 Å². The van der Waals surface area contributed by atoms with Crippen molar-refractivity contribution in [3.05, 3.63) is 52.1 Å². The summed E-state index contributed by atoms with van der Waals surface area (Å²) in [6, 6.07) is 10.1. The van der Waals surface area contributed by atoms with E-state index in [2.05, 4.69) is 43.0 Å². The number of piperidine rings is 1. The van der Waals surface area contributed by atoms with Crippen LogP contribution in [0, 0.1) is 5.92 Å². The van der Waals surface area contributed by atoms with Gasteiger partial charge >= 0.3 is 5.97 Å². The van der Waals surface area contributed by atoms with Crippen molar-refractivity contribution in [1.82, 2.24) is 9.88 Å². The summed E-state index contributed by atoms with van der Waals surface area (Å²) in [6.45, 7) is 8.07. The Morgan fingerprint density at radius 2 is 1.88 bits per heavy atom. The van der Waals surface area contributed by atoms with E-state index in [9.17, 15) is 9.59 Å².